The predicted molar refractivity (Wildman–Crippen MR) is 217 cm³/mol. The van der Waals surface area contributed by atoms with E-state index in [0.717, 1.165) is 46.8 Å². The van der Waals surface area contributed by atoms with E-state index in [-0.39, 0.29) is 18.1 Å². The van der Waals surface area contributed by atoms with Gasteiger partial charge in [0, 0.05) is 49.3 Å². The Hall–Kier alpha value is -3.71. The number of anilines is 1. The van der Waals surface area contributed by atoms with Crippen LogP contribution >= 0.6 is 11.8 Å². The number of hydrogen-bond donors (Lipinski definition) is 3. The molecule has 302 valence electrons. The number of amides is 1. The zero-order valence-electron chi connectivity index (χ0n) is 31.2. The predicted octanol–water partition coefficient (Wildman–Crippen LogP) is 5.05. The van der Waals surface area contributed by atoms with Gasteiger partial charge in [-0.1, -0.05) is 92.7 Å². The van der Waals surface area contributed by atoms with Gasteiger partial charge in [0.2, 0.25) is 15.9 Å². The van der Waals surface area contributed by atoms with Crippen molar-refractivity contribution in [3.63, 3.8) is 0 Å². The largest absolute Gasteiger partial charge is 0.501 e. The third-order valence-corrected chi connectivity index (χ3v) is 18.4. The molecule has 56 heavy (non-hydrogen) atoms. The lowest BCUT2D eigenvalue weighted by Crippen LogP contribution is -2.65. The molecule has 1 aliphatic rings. The van der Waals surface area contributed by atoms with Gasteiger partial charge in [-0.3, -0.25) is 9.69 Å². The molecule has 0 saturated carbocycles. The van der Waals surface area contributed by atoms with Crippen molar-refractivity contribution in [2.45, 2.75) is 64.4 Å². The van der Waals surface area contributed by atoms with Gasteiger partial charge in [-0.05, 0) is 65.1 Å². The van der Waals surface area contributed by atoms with Crippen LogP contribution < -0.4 is 20.8 Å². The molecule has 5 rings (SSSR count). The Balaban J connectivity index is 1.25. The van der Waals surface area contributed by atoms with E-state index in [2.05, 4.69) is 24.1 Å². The highest BCUT2D eigenvalue weighted by Crippen LogP contribution is 2.40. The van der Waals surface area contributed by atoms with Crippen LogP contribution in [0, 0.1) is 0 Å². The maximum absolute atomic E-state index is 13.8. The summed E-state index contributed by atoms with van der Waals surface area (Å²) in [4.78, 5) is 28.9. The highest BCUT2D eigenvalue weighted by atomic mass is 32.2. The number of hydrogen-bond acceptors (Lipinski definition) is 9. The molecule has 10 nitrogen and oxygen atoms in total. The number of sulfonamides is 1. The van der Waals surface area contributed by atoms with E-state index in [1.807, 2.05) is 91.0 Å². The number of thioether (sulfide) groups is 1. The number of benzene rings is 4. The van der Waals surface area contributed by atoms with E-state index in [0.29, 0.717) is 32.2 Å². The van der Waals surface area contributed by atoms with Gasteiger partial charge in [0.15, 0.2) is 0 Å². The van der Waals surface area contributed by atoms with E-state index in [1.54, 1.807) is 4.90 Å². The molecule has 17 heteroatoms. The lowest BCUT2D eigenvalue weighted by atomic mass is 10.1. The first-order chi connectivity index (χ1) is 26.3. The molecule has 4 N–H and O–H groups in total. The standard InChI is InChI=1S/C39H47F3N4O6S3Si/c1-38(2,56(52,33-15-8-4-9-16-33)34-17-10-5-11-18-34)21-12-22-45-23-25-46(26-24-45)37(47)27-30(29-53-31-13-6-3-7-14-31)44-35-20-19-32(55(43,50)51)28-36(35)54(48,49)39(40,41)42/h3-11,13-20,28,30,44,52H,12,21-27,29H2,1-2H3,(H2,43,50,51)/t30-/m1/s1. The zero-order valence-corrected chi connectivity index (χ0v) is 34.6. The van der Waals surface area contributed by atoms with Crippen LogP contribution in [0.1, 0.15) is 33.1 Å². The second kappa shape index (κ2) is 17.8. The maximum atomic E-state index is 13.8. The topological polar surface area (TPSA) is 150 Å². The van der Waals surface area contributed by atoms with Gasteiger partial charge in [-0.25, -0.2) is 22.0 Å². The Morgan fingerprint density at radius 2 is 1.39 bits per heavy atom. The molecular weight excluding hydrogens is 802 g/mol. The first-order valence-electron chi connectivity index (χ1n) is 18.1. The fourth-order valence-electron chi connectivity index (χ4n) is 7.02. The van der Waals surface area contributed by atoms with Gasteiger partial charge in [-0.15, -0.1) is 11.8 Å². The van der Waals surface area contributed by atoms with Crippen LogP contribution in [-0.2, 0) is 24.7 Å². The quantitative estimate of drug-likeness (QED) is 0.104. The Morgan fingerprint density at radius 1 is 0.857 bits per heavy atom. The molecule has 1 amide bonds. The molecule has 0 spiro atoms. The molecule has 4 aromatic carbocycles. The smallest absolute Gasteiger partial charge is 0.424 e. The summed E-state index contributed by atoms with van der Waals surface area (Å²) in [5.74, 6) is -0.0876. The Bertz CT molecular complexity index is 2120. The minimum absolute atomic E-state index is 0.168. The molecule has 1 fully saturated rings. The van der Waals surface area contributed by atoms with Gasteiger partial charge in [0.25, 0.3) is 18.2 Å². The second-order valence-corrected chi connectivity index (χ2v) is 23.0. The lowest BCUT2D eigenvalue weighted by molar-refractivity contribution is -0.133. The number of primary sulfonamides is 1. The molecule has 4 aromatic rings. The average molecular weight is 849 g/mol. The molecule has 0 aliphatic carbocycles. The van der Waals surface area contributed by atoms with Crippen molar-refractivity contribution in [2.24, 2.45) is 5.14 Å². The molecule has 1 aliphatic heterocycles. The van der Waals surface area contributed by atoms with Crippen LogP contribution in [-0.4, -0.2) is 95.7 Å². The monoisotopic (exact) mass is 848 g/mol. The number of rotatable bonds is 16. The first kappa shape index (κ1) is 43.4. The van der Waals surface area contributed by atoms with E-state index < -0.39 is 60.2 Å². The maximum Gasteiger partial charge on any atom is 0.501 e. The molecule has 0 unspecified atom stereocenters. The second-order valence-electron chi connectivity index (χ2n) is 14.5. The number of nitrogens with one attached hydrogen (secondary N) is 1. The van der Waals surface area contributed by atoms with Crippen molar-refractivity contribution in [2.75, 3.05) is 43.8 Å². The van der Waals surface area contributed by atoms with Crippen LogP contribution in [0.4, 0.5) is 18.9 Å². The summed E-state index contributed by atoms with van der Waals surface area (Å²) in [6, 6.07) is 30.2. The van der Waals surface area contributed by atoms with Gasteiger partial charge in [0.05, 0.1) is 10.6 Å². The van der Waals surface area contributed by atoms with Crippen molar-refractivity contribution in [3.05, 3.63) is 109 Å². The SMILES string of the molecule is CC(C)(CCCN1CCN(C(=O)C[C@H](CSc2ccccc2)Nc2ccc(S(N)(=O)=O)cc2S(=O)(=O)C(F)(F)F)CC1)[Si](O)(c1ccccc1)c1ccccc1. The number of carbonyl (C=O) groups excluding carboxylic acids is 1. The van der Waals surface area contributed by atoms with E-state index in [9.17, 15) is 39.6 Å². The Kier molecular flexibility index (Phi) is 13.8. The summed E-state index contributed by atoms with van der Waals surface area (Å²) in [5.41, 5.74) is -6.23. The van der Waals surface area contributed by atoms with Gasteiger partial charge < -0.3 is 15.0 Å². The fraction of sp³-hybridized carbons (Fsp3) is 0.359. The minimum Gasteiger partial charge on any atom is -0.424 e. The van der Waals surface area contributed by atoms with Crippen molar-refractivity contribution < 1.29 is 39.6 Å². The third-order valence-electron chi connectivity index (χ3n) is 10.2. The number of alkyl halides is 3. The van der Waals surface area contributed by atoms with E-state index >= 15 is 0 Å². The number of piperazine rings is 1. The van der Waals surface area contributed by atoms with Crippen molar-refractivity contribution in [3.8, 4) is 0 Å². The first-order valence-corrected chi connectivity index (χ1v) is 24.1. The van der Waals surface area contributed by atoms with Gasteiger partial charge in [0.1, 0.15) is 4.90 Å². The summed E-state index contributed by atoms with van der Waals surface area (Å²) in [6.45, 7) is 7.08. The number of nitrogens with zero attached hydrogens (tertiary/aromatic N) is 2. The van der Waals surface area contributed by atoms with Crippen molar-refractivity contribution in [1.29, 1.82) is 0 Å². The van der Waals surface area contributed by atoms with Gasteiger partial charge >= 0.3 is 5.51 Å². The molecule has 1 saturated heterocycles. The summed E-state index contributed by atoms with van der Waals surface area (Å²) in [7, 11) is -13.7. The van der Waals surface area contributed by atoms with Crippen LogP contribution in [0.15, 0.2) is 124 Å². The summed E-state index contributed by atoms with van der Waals surface area (Å²) in [5, 5.41) is 9.45. The molecule has 1 heterocycles. The number of nitrogens with two attached hydrogens (primary N) is 1. The zero-order chi connectivity index (χ0) is 40.8. The normalized spacial score (nSPS) is 15.4. The number of carbonyl (C=O) groups is 1. The van der Waals surface area contributed by atoms with Crippen LogP contribution in [0.2, 0.25) is 5.04 Å². The average Bonchev–Trinajstić information content (AvgIpc) is 3.17. The van der Waals surface area contributed by atoms with E-state index in [1.165, 1.54) is 11.8 Å². The molecular formula is C39H47F3N4O6S3Si. The molecule has 0 bridgehead atoms. The third kappa shape index (κ3) is 10.2. The molecule has 1 atom stereocenters. The summed E-state index contributed by atoms with van der Waals surface area (Å²) >= 11 is 1.33. The van der Waals surface area contributed by atoms with Crippen LogP contribution in [0.25, 0.3) is 0 Å². The fourth-order valence-corrected chi connectivity index (χ4v) is 13.3. The minimum atomic E-state index is -6.01. The molecule has 0 radical (unpaired) electrons. The highest BCUT2D eigenvalue weighted by Gasteiger charge is 2.50. The van der Waals surface area contributed by atoms with Crippen LogP contribution in [0.3, 0.4) is 0 Å². The van der Waals surface area contributed by atoms with E-state index in [4.69, 9.17) is 5.14 Å². The number of sulfone groups is 1. The summed E-state index contributed by atoms with van der Waals surface area (Å²) < 4.78 is 90.5. The lowest BCUT2D eigenvalue weighted by Gasteiger charge is -2.42. The van der Waals surface area contributed by atoms with Crippen molar-refractivity contribution in [1.82, 2.24) is 9.80 Å². The molecule has 0 aromatic heterocycles. The Morgan fingerprint density at radius 3 is 1.91 bits per heavy atom. The number of halogens is 3. The van der Waals surface area contributed by atoms with Gasteiger partial charge in [-0.2, -0.15) is 13.2 Å². The Labute approximate surface area is 332 Å². The summed E-state index contributed by atoms with van der Waals surface area (Å²) in [6.07, 6.45) is 1.43. The highest BCUT2D eigenvalue weighted by molar-refractivity contribution is 7.99. The van der Waals surface area contributed by atoms with Crippen molar-refractivity contribution >= 4 is 61.9 Å². The van der Waals surface area contributed by atoms with Crippen LogP contribution in [0.5, 0.6) is 0 Å².